The summed E-state index contributed by atoms with van der Waals surface area (Å²) in [5.74, 6) is 1.06. The van der Waals surface area contributed by atoms with Gasteiger partial charge in [-0.1, -0.05) is 0 Å². The third-order valence-corrected chi connectivity index (χ3v) is 3.23. The average molecular weight is 300 g/mol. The van der Waals surface area contributed by atoms with Crippen LogP contribution in [0, 0.1) is 0 Å². The minimum Gasteiger partial charge on any atom is -0.383 e. The van der Waals surface area contributed by atoms with E-state index in [2.05, 4.69) is 43.0 Å². The van der Waals surface area contributed by atoms with Crippen LogP contribution in [0.4, 0.5) is 11.8 Å². The number of hydrogen-bond donors (Lipinski definition) is 2. The first-order valence-electron chi connectivity index (χ1n) is 5.92. The number of nitrogens with zero attached hydrogens (tertiary/aromatic N) is 3. The van der Waals surface area contributed by atoms with E-state index in [4.69, 9.17) is 5.73 Å². The van der Waals surface area contributed by atoms with Crippen molar-refractivity contribution in [1.82, 2.24) is 14.9 Å². The van der Waals surface area contributed by atoms with Gasteiger partial charge >= 0.3 is 0 Å². The maximum Gasteiger partial charge on any atom is 0.225 e. The minimum absolute atomic E-state index is 0.321. The lowest BCUT2D eigenvalue weighted by atomic mass is 10.3. The van der Waals surface area contributed by atoms with Crippen molar-refractivity contribution in [3.63, 3.8) is 0 Å². The third kappa shape index (κ3) is 3.81. The van der Waals surface area contributed by atoms with E-state index in [-0.39, 0.29) is 0 Å². The lowest BCUT2D eigenvalue weighted by Crippen LogP contribution is -2.33. The summed E-state index contributed by atoms with van der Waals surface area (Å²) >= 11 is 3.31. The third-order valence-electron chi connectivity index (χ3n) is 2.82. The van der Waals surface area contributed by atoms with E-state index in [1.807, 2.05) is 0 Å². The Morgan fingerprint density at radius 2 is 2.18 bits per heavy atom. The molecule has 6 heteroatoms. The van der Waals surface area contributed by atoms with E-state index in [1.54, 1.807) is 6.07 Å². The molecule has 17 heavy (non-hydrogen) atoms. The van der Waals surface area contributed by atoms with E-state index in [0.29, 0.717) is 22.4 Å². The molecular formula is C11H18BrN5. The zero-order valence-electron chi connectivity index (χ0n) is 9.99. The highest BCUT2D eigenvalue weighted by Crippen LogP contribution is 2.14. The Morgan fingerprint density at radius 3 is 2.82 bits per heavy atom. The summed E-state index contributed by atoms with van der Waals surface area (Å²) in [6, 6.07) is 2.01. The first-order valence-corrected chi connectivity index (χ1v) is 6.72. The Kier molecular flexibility index (Phi) is 4.17. The number of nitrogen functional groups attached to an aromatic ring is 1. The molecule has 0 aromatic carbocycles. The Morgan fingerprint density at radius 1 is 1.47 bits per heavy atom. The summed E-state index contributed by atoms with van der Waals surface area (Å²) < 4.78 is 0.709. The fourth-order valence-electron chi connectivity index (χ4n) is 2.12. The molecule has 1 aliphatic heterocycles. The van der Waals surface area contributed by atoms with Crippen LogP contribution < -0.4 is 11.1 Å². The first kappa shape index (κ1) is 12.6. The molecule has 1 saturated heterocycles. The molecule has 0 saturated carbocycles. The maximum absolute atomic E-state index is 5.67. The molecule has 2 heterocycles. The molecule has 94 valence electrons. The molecule has 1 unspecified atom stereocenters. The molecule has 0 amide bonds. The summed E-state index contributed by atoms with van der Waals surface area (Å²) in [5, 5.41) is 3.28. The fourth-order valence-corrected chi connectivity index (χ4v) is 2.52. The molecule has 3 N–H and O–H groups in total. The molecule has 1 atom stereocenters. The van der Waals surface area contributed by atoms with Crippen LogP contribution in [0.2, 0.25) is 0 Å². The van der Waals surface area contributed by atoms with Crippen molar-refractivity contribution >= 4 is 27.7 Å². The monoisotopic (exact) mass is 299 g/mol. The van der Waals surface area contributed by atoms with Crippen LogP contribution in [-0.4, -0.2) is 40.5 Å². The number of halogens is 1. The van der Waals surface area contributed by atoms with Crippen molar-refractivity contribution in [1.29, 1.82) is 0 Å². The Hall–Kier alpha value is -0.880. The number of anilines is 2. The van der Waals surface area contributed by atoms with Crippen LogP contribution in [0.15, 0.2) is 10.7 Å². The molecule has 1 aliphatic rings. The van der Waals surface area contributed by atoms with Crippen molar-refractivity contribution in [2.24, 2.45) is 0 Å². The summed E-state index contributed by atoms with van der Waals surface area (Å²) in [6.07, 6.45) is 2.63. The van der Waals surface area contributed by atoms with Crippen molar-refractivity contribution in [2.45, 2.75) is 25.8 Å². The smallest absolute Gasteiger partial charge is 0.225 e. The van der Waals surface area contributed by atoms with Crippen molar-refractivity contribution < 1.29 is 0 Å². The lowest BCUT2D eigenvalue weighted by Gasteiger charge is -2.21. The number of rotatable bonds is 4. The van der Waals surface area contributed by atoms with E-state index < -0.39 is 0 Å². The molecule has 0 radical (unpaired) electrons. The summed E-state index contributed by atoms with van der Waals surface area (Å²) in [6.45, 7) is 5.57. The molecule has 0 bridgehead atoms. The van der Waals surface area contributed by atoms with Gasteiger partial charge in [0.15, 0.2) is 0 Å². The van der Waals surface area contributed by atoms with Crippen molar-refractivity contribution in [2.75, 3.05) is 30.7 Å². The summed E-state index contributed by atoms with van der Waals surface area (Å²) in [7, 11) is 0. The van der Waals surface area contributed by atoms with E-state index >= 15 is 0 Å². The first-order chi connectivity index (χ1) is 8.13. The maximum atomic E-state index is 5.67. The molecule has 5 nitrogen and oxygen atoms in total. The molecule has 1 fully saturated rings. The molecule has 0 aliphatic carbocycles. The van der Waals surface area contributed by atoms with Gasteiger partial charge in [0, 0.05) is 18.7 Å². The van der Waals surface area contributed by atoms with E-state index in [0.717, 1.165) is 6.54 Å². The normalized spacial score (nSPS) is 18.2. The number of nitrogens with two attached hydrogens (primary N) is 1. The van der Waals surface area contributed by atoms with E-state index in [9.17, 15) is 0 Å². The zero-order valence-corrected chi connectivity index (χ0v) is 11.6. The van der Waals surface area contributed by atoms with E-state index in [1.165, 1.54) is 25.9 Å². The average Bonchev–Trinajstić information content (AvgIpc) is 2.67. The second kappa shape index (κ2) is 5.64. The van der Waals surface area contributed by atoms with Gasteiger partial charge in [-0.3, -0.25) is 0 Å². The number of hydrogen-bond acceptors (Lipinski definition) is 5. The Balaban J connectivity index is 1.90. The van der Waals surface area contributed by atoms with Crippen LogP contribution in [0.3, 0.4) is 0 Å². The van der Waals surface area contributed by atoms with Gasteiger partial charge in [-0.05, 0) is 48.8 Å². The summed E-state index contributed by atoms with van der Waals surface area (Å²) in [4.78, 5) is 10.9. The summed E-state index contributed by atoms with van der Waals surface area (Å²) in [5.41, 5.74) is 5.67. The molecule has 1 aromatic rings. The van der Waals surface area contributed by atoms with Gasteiger partial charge in [-0.2, -0.15) is 4.98 Å². The molecular weight excluding hydrogens is 282 g/mol. The highest BCUT2D eigenvalue weighted by Gasteiger charge is 2.15. The second-order valence-corrected chi connectivity index (χ2v) is 5.30. The zero-order chi connectivity index (χ0) is 12.3. The SMILES string of the molecule is CC(CN1CCCC1)Nc1nc(N)cc(Br)n1. The lowest BCUT2D eigenvalue weighted by molar-refractivity contribution is 0.327. The molecule has 0 spiro atoms. The largest absolute Gasteiger partial charge is 0.383 e. The van der Waals surface area contributed by atoms with Crippen LogP contribution in [-0.2, 0) is 0 Å². The predicted octanol–water partition coefficient (Wildman–Crippen LogP) is 1.72. The Labute approximate surface area is 110 Å². The quantitative estimate of drug-likeness (QED) is 0.829. The van der Waals surface area contributed by atoms with Gasteiger partial charge in [0.25, 0.3) is 0 Å². The molecule has 1 aromatic heterocycles. The Bertz CT molecular complexity index is 358. The van der Waals surface area contributed by atoms with Crippen LogP contribution in [0.1, 0.15) is 19.8 Å². The van der Waals surface area contributed by atoms with Crippen LogP contribution in [0.25, 0.3) is 0 Å². The van der Waals surface area contributed by atoms with Crippen molar-refractivity contribution in [3.8, 4) is 0 Å². The van der Waals surface area contributed by atoms with Crippen molar-refractivity contribution in [3.05, 3.63) is 10.7 Å². The minimum atomic E-state index is 0.321. The molecule has 2 rings (SSSR count). The second-order valence-electron chi connectivity index (χ2n) is 4.49. The highest BCUT2D eigenvalue weighted by atomic mass is 79.9. The van der Waals surface area contributed by atoms with Gasteiger partial charge in [-0.15, -0.1) is 0 Å². The van der Waals surface area contributed by atoms with Gasteiger partial charge in [0.1, 0.15) is 10.4 Å². The number of aromatic nitrogens is 2. The fraction of sp³-hybridized carbons (Fsp3) is 0.636. The van der Waals surface area contributed by atoms with Gasteiger partial charge < -0.3 is 16.0 Å². The van der Waals surface area contributed by atoms with Gasteiger partial charge in [0.05, 0.1) is 0 Å². The number of likely N-dealkylation sites (tertiary alicyclic amines) is 1. The van der Waals surface area contributed by atoms with Crippen LogP contribution in [0.5, 0.6) is 0 Å². The van der Waals surface area contributed by atoms with Crippen LogP contribution >= 0.6 is 15.9 Å². The van der Waals surface area contributed by atoms with Gasteiger partial charge in [0.2, 0.25) is 5.95 Å². The predicted molar refractivity (Wildman–Crippen MR) is 72.9 cm³/mol. The topological polar surface area (TPSA) is 67.1 Å². The number of nitrogens with one attached hydrogen (secondary N) is 1. The van der Waals surface area contributed by atoms with Gasteiger partial charge in [-0.25, -0.2) is 4.98 Å². The highest BCUT2D eigenvalue weighted by molar-refractivity contribution is 9.10. The standard InChI is InChI=1S/C11H18BrN5/c1-8(7-17-4-2-3-5-17)14-11-15-9(12)6-10(13)16-11/h6,8H,2-5,7H2,1H3,(H3,13,14,15,16).